The number of rotatable bonds is 5. The molecular formula is C17H22N6O. The van der Waals surface area contributed by atoms with Gasteiger partial charge in [-0.3, -0.25) is 4.99 Å². The minimum absolute atomic E-state index is 0.562. The molecule has 2 heterocycles. The van der Waals surface area contributed by atoms with Crippen molar-refractivity contribution in [1.82, 2.24) is 25.4 Å². The lowest BCUT2D eigenvalue weighted by atomic mass is 10.1. The first-order chi connectivity index (χ1) is 11.7. The molecule has 0 radical (unpaired) electrons. The maximum Gasteiger partial charge on any atom is 0.191 e. The third-order valence-electron chi connectivity index (χ3n) is 4.03. The number of guanidine groups is 1. The van der Waals surface area contributed by atoms with Crippen LogP contribution in [-0.4, -0.2) is 27.8 Å². The number of aliphatic imine (C=N–C) groups is 1. The van der Waals surface area contributed by atoms with Crippen molar-refractivity contribution in [2.45, 2.75) is 33.5 Å². The van der Waals surface area contributed by atoms with Gasteiger partial charge in [0.25, 0.3) is 0 Å². The van der Waals surface area contributed by atoms with Crippen LogP contribution >= 0.6 is 0 Å². The minimum Gasteiger partial charge on any atom is -0.459 e. The van der Waals surface area contributed by atoms with E-state index in [1.165, 1.54) is 0 Å². The SMILES string of the molecule is CCn1cnnc1CNC(=NC)NCc1oc2ccccc2c1C. The number of furan rings is 1. The molecule has 2 aromatic heterocycles. The zero-order chi connectivity index (χ0) is 16.9. The Kier molecular flexibility index (Phi) is 4.79. The van der Waals surface area contributed by atoms with Gasteiger partial charge < -0.3 is 19.6 Å². The summed E-state index contributed by atoms with van der Waals surface area (Å²) in [5.74, 6) is 2.48. The number of nitrogens with zero attached hydrogens (tertiary/aromatic N) is 4. The molecule has 0 unspecified atom stereocenters. The minimum atomic E-state index is 0.562. The molecule has 2 N–H and O–H groups in total. The Morgan fingerprint density at radius 3 is 2.79 bits per heavy atom. The van der Waals surface area contributed by atoms with Crippen LogP contribution in [0.4, 0.5) is 0 Å². The van der Waals surface area contributed by atoms with E-state index < -0.39 is 0 Å². The summed E-state index contributed by atoms with van der Waals surface area (Å²) in [5, 5.41) is 15.7. The highest BCUT2D eigenvalue weighted by molar-refractivity contribution is 5.82. The van der Waals surface area contributed by atoms with Gasteiger partial charge in [0, 0.05) is 24.5 Å². The fourth-order valence-electron chi connectivity index (χ4n) is 2.62. The zero-order valence-electron chi connectivity index (χ0n) is 14.2. The van der Waals surface area contributed by atoms with E-state index in [0.29, 0.717) is 19.0 Å². The average molecular weight is 326 g/mol. The predicted molar refractivity (Wildman–Crippen MR) is 93.7 cm³/mol. The molecule has 0 aliphatic rings. The molecule has 1 aromatic carbocycles. The smallest absolute Gasteiger partial charge is 0.191 e. The van der Waals surface area contributed by atoms with Crippen molar-refractivity contribution in [1.29, 1.82) is 0 Å². The Labute approximate surface area is 140 Å². The second kappa shape index (κ2) is 7.16. The highest BCUT2D eigenvalue weighted by Gasteiger charge is 2.10. The van der Waals surface area contributed by atoms with Crippen LogP contribution in [0.1, 0.15) is 24.1 Å². The predicted octanol–water partition coefficient (Wildman–Crippen LogP) is 2.22. The molecular weight excluding hydrogens is 304 g/mol. The lowest BCUT2D eigenvalue weighted by Gasteiger charge is -2.11. The summed E-state index contributed by atoms with van der Waals surface area (Å²) in [6.45, 7) is 6.11. The molecule has 0 fully saturated rings. The van der Waals surface area contributed by atoms with Crippen LogP contribution in [0.2, 0.25) is 0 Å². The molecule has 7 heteroatoms. The lowest BCUT2D eigenvalue weighted by molar-refractivity contribution is 0.534. The summed E-state index contributed by atoms with van der Waals surface area (Å²) in [6, 6.07) is 8.05. The third kappa shape index (κ3) is 3.24. The molecule has 3 aromatic rings. The number of fused-ring (bicyclic) bond motifs is 1. The number of para-hydroxylation sites is 1. The summed E-state index contributed by atoms with van der Waals surface area (Å²) in [5.41, 5.74) is 2.06. The van der Waals surface area contributed by atoms with E-state index in [1.54, 1.807) is 13.4 Å². The first-order valence-electron chi connectivity index (χ1n) is 8.01. The van der Waals surface area contributed by atoms with Crippen LogP contribution in [0, 0.1) is 6.92 Å². The van der Waals surface area contributed by atoms with Crippen LogP contribution in [-0.2, 0) is 19.6 Å². The van der Waals surface area contributed by atoms with Gasteiger partial charge in [0.1, 0.15) is 17.7 Å². The van der Waals surface area contributed by atoms with Crippen LogP contribution in [0.25, 0.3) is 11.0 Å². The Morgan fingerprint density at radius 1 is 1.25 bits per heavy atom. The van der Waals surface area contributed by atoms with Crippen molar-refractivity contribution < 1.29 is 4.42 Å². The van der Waals surface area contributed by atoms with Crippen molar-refractivity contribution in [3.05, 3.63) is 47.7 Å². The molecule has 0 amide bonds. The van der Waals surface area contributed by atoms with Gasteiger partial charge in [-0.15, -0.1) is 10.2 Å². The quantitative estimate of drug-likeness (QED) is 0.555. The summed E-state index contributed by atoms with van der Waals surface area (Å²) in [7, 11) is 1.74. The van der Waals surface area contributed by atoms with Gasteiger partial charge in [-0.1, -0.05) is 18.2 Å². The topological polar surface area (TPSA) is 80.3 Å². The third-order valence-corrected chi connectivity index (χ3v) is 4.03. The number of aromatic nitrogens is 3. The molecule has 0 bridgehead atoms. The second-order valence-electron chi connectivity index (χ2n) is 5.46. The van der Waals surface area contributed by atoms with Crippen molar-refractivity contribution >= 4 is 16.9 Å². The van der Waals surface area contributed by atoms with Gasteiger partial charge in [-0.25, -0.2) is 0 Å². The molecule has 126 valence electrons. The number of aryl methyl sites for hydroxylation is 2. The number of nitrogens with one attached hydrogen (secondary N) is 2. The van der Waals surface area contributed by atoms with Gasteiger partial charge in [0.05, 0.1) is 13.1 Å². The van der Waals surface area contributed by atoms with Crippen LogP contribution in [0.3, 0.4) is 0 Å². The Bertz CT molecular complexity index is 848. The molecule has 0 spiro atoms. The van der Waals surface area contributed by atoms with E-state index in [0.717, 1.165) is 34.7 Å². The molecule has 0 saturated heterocycles. The fourth-order valence-corrected chi connectivity index (χ4v) is 2.62. The van der Waals surface area contributed by atoms with Gasteiger partial charge in [0.2, 0.25) is 0 Å². The molecule has 0 aliphatic carbocycles. The van der Waals surface area contributed by atoms with E-state index in [2.05, 4.69) is 45.7 Å². The first-order valence-corrected chi connectivity index (χ1v) is 8.01. The van der Waals surface area contributed by atoms with E-state index >= 15 is 0 Å². The average Bonchev–Trinajstić information content (AvgIpc) is 3.20. The van der Waals surface area contributed by atoms with Gasteiger partial charge in [0.15, 0.2) is 11.8 Å². The normalized spacial score (nSPS) is 11.9. The molecule has 0 atom stereocenters. The Hall–Kier alpha value is -2.83. The molecule has 24 heavy (non-hydrogen) atoms. The summed E-state index contributed by atoms with van der Waals surface area (Å²) < 4.78 is 7.90. The zero-order valence-corrected chi connectivity index (χ0v) is 14.2. The molecule has 3 rings (SSSR count). The molecule has 0 aliphatic heterocycles. The van der Waals surface area contributed by atoms with E-state index in [1.807, 2.05) is 22.8 Å². The highest BCUT2D eigenvalue weighted by Crippen LogP contribution is 2.24. The van der Waals surface area contributed by atoms with Crippen molar-refractivity contribution in [3.8, 4) is 0 Å². The highest BCUT2D eigenvalue weighted by atomic mass is 16.3. The van der Waals surface area contributed by atoms with Gasteiger partial charge >= 0.3 is 0 Å². The number of hydrogen-bond donors (Lipinski definition) is 2. The Morgan fingerprint density at radius 2 is 2.04 bits per heavy atom. The fraction of sp³-hybridized carbons (Fsp3) is 0.353. The van der Waals surface area contributed by atoms with E-state index in [9.17, 15) is 0 Å². The van der Waals surface area contributed by atoms with E-state index in [4.69, 9.17) is 4.42 Å². The van der Waals surface area contributed by atoms with Crippen LogP contribution in [0.5, 0.6) is 0 Å². The Balaban J connectivity index is 1.62. The van der Waals surface area contributed by atoms with Gasteiger partial charge in [-0.05, 0) is 19.9 Å². The molecule has 0 saturated carbocycles. The largest absolute Gasteiger partial charge is 0.459 e. The lowest BCUT2D eigenvalue weighted by Crippen LogP contribution is -2.37. The summed E-state index contributed by atoms with van der Waals surface area (Å²) in [6.07, 6.45) is 1.73. The van der Waals surface area contributed by atoms with Crippen LogP contribution < -0.4 is 10.6 Å². The summed E-state index contributed by atoms with van der Waals surface area (Å²) >= 11 is 0. The summed E-state index contributed by atoms with van der Waals surface area (Å²) in [4.78, 5) is 4.24. The number of benzene rings is 1. The first kappa shape index (κ1) is 16.0. The number of hydrogen-bond acceptors (Lipinski definition) is 4. The van der Waals surface area contributed by atoms with Crippen molar-refractivity contribution in [3.63, 3.8) is 0 Å². The van der Waals surface area contributed by atoms with Crippen molar-refractivity contribution in [2.75, 3.05) is 7.05 Å². The standard InChI is InChI=1S/C17H22N6O/c1-4-23-11-21-22-16(23)10-20-17(18-3)19-9-15-12(2)13-7-5-6-8-14(13)24-15/h5-8,11H,4,9-10H2,1-3H3,(H2,18,19,20). The van der Waals surface area contributed by atoms with E-state index in [-0.39, 0.29) is 0 Å². The maximum atomic E-state index is 5.91. The van der Waals surface area contributed by atoms with Crippen LogP contribution in [0.15, 0.2) is 40.0 Å². The van der Waals surface area contributed by atoms with Gasteiger partial charge in [-0.2, -0.15) is 0 Å². The maximum absolute atomic E-state index is 5.91. The monoisotopic (exact) mass is 326 g/mol. The molecule has 7 nitrogen and oxygen atoms in total. The van der Waals surface area contributed by atoms with Crippen molar-refractivity contribution in [2.24, 2.45) is 4.99 Å². The second-order valence-corrected chi connectivity index (χ2v) is 5.46.